The molecule has 0 radical (unpaired) electrons. The number of benzene rings is 1. The SMILES string of the molecule is CC(C)c1ccccc1OCC(F)F. The number of hydrogen-bond acceptors (Lipinski definition) is 1. The largest absolute Gasteiger partial charge is 0.487 e. The van der Waals surface area contributed by atoms with Crippen LogP contribution in [0.4, 0.5) is 8.78 Å². The predicted molar refractivity (Wildman–Crippen MR) is 52.0 cm³/mol. The van der Waals surface area contributed by atoms with Crippen LogP contribution in [0.5, 0.6) is 5.75 Å². The van der Waals surface area contributed by atoms with Crippen LogP contribution in [-0.4, -0.2) is 13.0 Å². The van der Waals surface area contributed by atoms with Gasteiger partial charge in [0.25, 0.3) is 6.43 Å². The summed E-state index contributed by atoms with van der Waals surface area (Å²) >= 11 is 0. The van der Waals surface area contributed by atoms with E-state index < -0.39 is 13.0 Å². The maximum atomic E-state index is 11.9. The zero-order chi connectivity index (χ0) is 10.6. The Balaban J connectivity index is 2.74. The third kappa shape index (κ3) is 2.98. The Morgan fingerprint density at radius 1 is 1.21 bits per heavy atom. The standard InChI is InChI=1S/C11H14F2O/c1-8(2)9-5-3-4-6-10(9)14-7-11(12)13/h3-6,8,11H,7H2,1-2H3. The number of alkyl halides is 2. The van der Waals surface area contributed by atoms with Crippen LogP contribution in [0.15, 0.2) is 24.3 Å². The van der Waals surface area contributed by atoms with Gasteiger partial charge in [0, 0.05) is 0 Å². The Kier molecular flexibility index (Phi) is 3.86. The Hall–Kier alpha value is -1.12. The van der Waals surface area contributed by atoms with Gasteiger partial charge in [0.2, 0.25) is 0 Å². The molecule has 0 heterocycles. The quantitative estimate of drug-likeness (QED) is 0.723. The van der Waals surface area contributed by atoms with Gasteiger partial charge in [0.05, 0.1) is 0 Å². The highest BCUT2D eigenvalue weighted by molar-refractivity contribution is 5.35. The zero-order valence-electron chi connectivity index (χ0n) is 8.34. The summed E-state index contributed by atoms with van der Waals surface area (Å²) < 4.78 is 28.9. The van der Waals surface area contributed by atoms with Crippen LogP contribution >= 0.6 is 0 Å². The first-order valence-electron chi connectivity index (χ1n) is 4.61. The van der Waals surface area contributed by atoms with Gasteiger partial charge in [0.1, 0.15) is 12.4 Å². The van der Waals surface area contributed by atoms with E-state index in [9.17, 15) is 8.78 Å². The lowest BCUT2D eigenvalue weighted by Gasteiger charge is -2.13. The minimum Gasteiger partial charge on any atom is -0.487 e. The zero-order valence-corrected chi connectivity index (χ0v) is 8.34. The highest BCUT2D eigenvalue weighted by Gasteiger charge is 2.09. The van der Waals surface area contributed by atoms with E-state index >= 15 is 0 Å². The van der Waals surface area contributed by atoms with Crippen LogP contribution in [-0.2, 0) is 0 Å². The summed E-state index contributed by atoms with van der Waals surface area (Å²) in [7, 11) is 0. The average molecular weight is 200 g/mol. The molecule has 1 nitrogen and oxygen atoms in total. The molecule has 0 aliphatic carbocycles. The molecule has 14 heavy (non-hydrogen) atoms. The maximum absolute atomic E-state index is 11.9. The van der Waals surface area contributed by atoms with E-state index in [4.69, 9.17) is 4.74 Å². The van der Waals surface area contributed by atoms with Crippen LogP contribution < -0.4 is 4.74 Å². The molecule has 0 N–H and O–H groups in total. The fourth-order valence-corrected chi connectivity index (χ4v) is 1.24. The van der Waals surface area contributed by atoms with Gasteiger partial charge in [-0.15, -0.1) is 0 Å². The highest BCUT2D eigenvalue weighted by Crippen LogP contribution is 2.25. The van der Waals surface area contributed by atoms with Crippen molar-refractivity contribution in [1.29, 1.82) is 0 Å². The van der Waals surface area contributed by atoms with Crippen molar-refractivity contribution in [2.75, 3.05) is 6.61 Å². The van der Waals surface area contributed by atoms with Crippen LogP contribution in [0, 0.1) is 0 Å². The van der Waals surface area contributed by atoms with Crippen LogP contribution in [0.3, 0.4) is 0 Å². The summed E-state index contributed by atoms with van der Waals surface area (Å²) in [6, 6.07) is 7.28. The lowest BCUT2D eigenvalue weighted by molar-refractivity contribution is 0.0813. The molecular weight excluding hydrogens is 186 g/mol. The van der Waals surface area contributed by atoms with Crippen molar-refractivity contribution in [2.24, 2.45) is 0 Å². The van der Waals surface area contributed by atoms with Crippen molar-refractivity contribution in [3.05, 3.63) is 29.8 Å². The lowest BCUT2D eigenvalue weighted by atomic mass is 10.0. The summed E-state index contributed by atoms with van der Waals surface area (Å²) in [5.41, 5.74) is 0.966. The van der Waals surface area contributed by atoms with Crippen LogP contribution in [0.2, 0.25) is 0 Å². The number of ether oxygens (including phenoxy) is 1. The van der Waals surface area contributed by atoms with Gasteiger partial charge in [-0.1, -0.05) is 32.0 Å². The van der Waals surface area contributed by atoms with Crippen molar-refractivity contribution in [3.8, 4) is 5.75 Å². The molecule has 0 saturated heterocycles. The topological polar surface area (TPSA) is 9.23 Å². The molecule has 78 valence electrons. The molecule has 0 spiro atoms. The first kappa shape index (κ1) is 11.0. The Morgan fingerprint density at radius 3 is 2.43 bits per heavy atom. The molecule has 0 saturated carbocycles. The van der Waals surface area contributed by atoms with Crippen LogP contribution in [0.25, 0.3) is 0 Å². The van der Waals surface area contributed by atoms with Gasteiger partial charge in [0.15, 0.2) is 0 Å². The number of rotatable bonds is 4. The number of halogens is 2. The first-order valence-corrected chi connectivity index (χ1v) is 4.61. The smallest absolute Gasteiger partial charge is 0.272 e. The first-order chi connectivity index (χ1) is 6.61. The molecule has 0 fully saturated rings. The van der Waals surface area contributed by atoms with Gasteiger partial charge in [-0.05, 0) is 17.5 Å². The summed E-state index contributed by atoms with van der Waals surface area (Å²) in [6.07, 6.45) is -2.42. The summed E-state index contributed by atoms with van der Waals surface area (Å²) in [6.45, 7) is 3.47. The summed E-state index contributed by atoms with van der Waals surface area (Å²) in [4.78, 5) is 0. The molecule has 0 aromatic heterocycles. The van der Waals surface area contributed by atoms with E-state index in [-0.39, 0.29) is 5.92 Å². The molecule has 0 amide bonds. The van der Waals surface area contributed by atoms with Crippen molar-refractivity contribution in [1.82, 2.24) is 0 Å². The third-order valence-corrected chi connectivity index (χ3v) is 1.91. The molecule has 0 unspecified atom stereocenters. The monoisotopic (exact) mass is 200 g/mol. The van der Waals surface area contributed by atoms with E-state index in [0.717, 1.165) is 5.56 Å². The van der Waals surface area contributed by atoms with Gasteiger partial charge in [-0.3, -0.25) is 0 Å². The molecule has 0 aliphatic rings. The second-order valence-electron chi connectivity index (χ2n) is 3.39. The van der Waals surface area contributed by atoms with Crippen molar-refractivity contribution in [3.63, 3.8) is 0 Å². The van der Waals surface area contributed by atoms with E-state index in [1.807, 2.05) is 26.0 Å². The highest BCUT2D eigenvalue weighted by atomic mass is 19.3. The van der Waals surface area contributed by atoms with Crippen LogP contribution in [0.1, 0.15) is 25.3 Å². The number of para-hydroxylation sites is 1. The normalized spacial score (nSPS) is 11.0. The predicted octanol–water partition coefficient (Wildman–Crippen LogP) is 3.45. The summed E-state index contributed by atoms with van der Waals surface area (Å²) in [5, 5.41) is 0. The third-order valence-electron chi connectivity index (χ3n) is 1.91. The van der Waals surface area contributed by atoms with Crippen molar-refractivity contribution >= 4 is 0 Å². The molecule has 1 rings (SSSR count). The van der Waals surface area contributed by atoms with Gasteiger partial charge in [-0.25, -0.2) is 8.78 Å². The maximum Gasteiger partial charge on any atom is 0.272 e. The minimum atomic E-state index is -2.42. The van der Waals surface area contributed by atoms with Gasteiger partial charge in [-0.2, -0.15) is 0 Å². The average Bonchev–Trinajstić information content (AvgIpc) is 2.15. The van der Waals surface area contributed by atoms with E-state index in [0.29, 0.717) is 5.75 Å². The molecule has 3 heteroatoms. The Morgan fingerprint density at radius 2 is 1.86 bits per heavy atom. The van der Waals surface area contributed by atoms with E-state index in [1.54, 1.807) is 12.1 Å². The molecule has 1 aromatic rings. The second-order valence-corrected chi connectivity index (χ2v) is 3.39. The second kappa shape index (κ2) is 4.94. The molecule has 1 aromatic carbocycles. The lowest BCUT2D eigenvalue weighted by Crippen LogP contribution is -2.08. The molecule has 0 aliphatic heterocycles. The van der Waals surface area contributed by atoms with Gasteiger partial charge < -0.3 is 4.74 Å². The molecule has 0 bridgehead atoms. The van der Waals surface area contributed by atoms with E-state index in [1.165, 1.54) is 0 Å². The molecular formula is C11H14F2O. The minimum absolute atomic E-state index is 0.281. The molecule has 0 atom stereocenters. The Labute approximate surface area is 82.7 Å². The van der Waals surface area contributed by atoms with E-state index in [2.05, 4.69) is 0 Å². The fourth-order valence-electron chi connectivity index (χ4n) is 1.24. The summed E-state index contributed by atoms with van der Waals surface area (Å²) in [5.74, 6) is 0.840. The number of hydrogen-bond donors (Lipinski definition) is 0. The van der Waals surface area contributed by atoms with Gasteiger partial charge >= 0.3 is 0 Å². The Bertz CT molecular complexity index is 284. The van der Waals surface area contributed by atoms with Crippen molar-refractivity contribution in [2.45, 2.75) is 26.2 Å². The fraction of sp³-hybridized carbons (Fsp3) is 0.455. The van der Waals surface area contributed by atoms with Crippen molar-refractivity contribution < 1.29 is 13.5 Å².